The minimum absolute atomic E-state index is 0.298. The standard InChI is InChI=1S/C20H22N2O3S/c1-6-22-15-9-12(2)13(3)10-18(15)26-20(22)21-19(23)14-7-8-16(24-4)17(11-14)25-5/h7-11H,6H2,1-5H3. The zero-order chi connectivity index (χ0) is 18.8. The summed E-state index contributed by atoms with van der Waals surface area (Å²) in [7, 11) is 3.11. The number of hydrogen-bond donors (Lipinski definition) is 0. The quantitative estimate of drug-likeness (QED) is 0.695. The molecular formula is C20H22N2O3S. The molecule has 3 aromatic rings. The van der Waals surface area contributed by atoms with E-state index in [9.17, 15) is 4.79 Å². The van der Waals surface area contributed by atoms with Crippen molar-refractivity contribution in [3.63, 3.8) is 0 Å². The molecule has 1 aromatic heterocycles. The summed E-state index contributed by atoms with van der Waals surface area (Å²) in [6.07, 6.45) is 0. The maximum absolute atomic E-state index is 12.7. The Morgan fingerprint density at radius 2 is 1.77 bits per heavy atom. The fraction of sp³-hybridized carbons (Fsp3) is 0.300. The third-order valence-corrected chi connectivity index (χ3v) is 5.48. The van der Waals surface area contributed by atoms with Gasteiger partial charge in [0.25, 0.3) is 5.91 Å². The van der Waals surface area contributed by atoms with E-state index in [0.717, 1.165) is 16.8 Å². The molecular weight excluding hydrogens is 348 g/mol. The van der Waals surface area contributed by atoms with Crippen LogP contribution in [0.3, 0.4) is 0 Å². The molecule has 0 atom stereocenters. The minimum atomic E-state index is -0.298. The van der Waals surface area contributed by atoms with Gasteiger partial charge in [-0.1, -0.05) is 11.3 Å². The number of rotatable bonds is 4. The number of aryl methyl sites for hydroxylation is 3. The molecule has 0 aliphatic rings. The van der Waals surface area contributed by atoms with E-state index in [4.69, 9.17) is 9.47 Å². The summed E-state index contributed by atoms with van der Waals surface area (Å²) in [5.74, 6) is 0.799. The first-order chi connectivity index (χ1) is 12.5. The van der Waals surface area contributed by atoms with Crippen LogP contribution in [0.4, 0.5) is 0 Å². The Hall–Kier alpha value is -2.60. The predicted molar refractivity (Wildman–Crippen MR) is 104 cm³/mol. The molecule has 0 bridgehead atoms. The van der Waals surface area contributed by atoms with Crippen LogP contribution in [-0.2, 0) is 6.54 Å². The van der Waals surface area contributed by atoms with E-state index in [0.29, 0.717) is 21.9 Å². The smallest absolute Gasteiger partial charge is 0.279 e. The number of carbonyl (C=O) groups excluding carboxylic acids is 1. The Morgan fingerprint density at radius 3 is 2.42 bits per heavy atom. The van der Waals surface area contributed by atoms with Gasteiger partial charge >= 0.3 is 0 Å². The molecule has 0 saturated carbocycles. The van der Waals surface area contributed by atoms with Crippen LogP contribution in [0.2, 0.25) is 0 Å². The Morgan fingerprint density at radius 1 is 1.08 bits per heavy atom. The highest BCUT2D eigenvalue weighted by Gasteiger charge is 2.12. The van der Waals surface area contributed by atoms with E-state index in [1.165, 1.54) is 22.5 Å². The SMILES string of the molecule is CCn1c(=NC(=O)c2ccc(OC)c(OC)c2)sc2cc(C)c(C)cc21. The molecule has 0 unspecified atom stereocenters. The first kappa shape index (κ1) is 18.2. The molecule has 6 heteroatoms. The molecule has 1 heterocycles. The normalized spacial score (nSPS) is 11.8. The molecule has 0 fully saturated rings. The summed E-state index contributed by atoms with van der Waals surface area (Å²) < 4.78 is 13.7. The Labute approximate surface area is 156 Å². The highest BCUT2D eigenvalue weighted by Crippen LogP contribution is 2.28. The van der Waals surface area contributed by atoms with Crippen molar-refractivity contribution in [2.45, 2.75) is 27.3 Å². The minimum Gasteiger partial charge on any atom is -0.493 e. The van der Waals surface area contributed by atoms with Gasteiger partial charge in [-0.25, -0.2) is 0 Å². The van der Waals surface area contributed by atoms with Crippen LogP contribution in [0.5, 0.6) is 11.5 Å². The molecule has 0 saturated heterocycles. The Kier molecular flexibility index (Phi) is 5.13. The largest absolute Gasteiger partial charge is 0.493 e. The molecule has 0 spiro atoms. The topological polar surface area (TPSA) is 52.8 Å². The van der Waals surface area contributed by atoms with Crippen molar-refractivity contribution in [2.75, 3.05) is 14.2 Å². The lowest BCUT2D eigenvalue weighted by molar-refractivity contribution is 0.0997. The van der Waals surface area contributed by atoms with E-state index in [-0.39, 0.29) is 5.91 Å². The average Bonchev–Trinajstić information content (AvgIpc) is 2.97. The molecule has 26 heavy (non-hydrogen) atoms. The van der Waals surface area contributed by atoms with Gasteiger partial charge in [-0.05, 0) is 62.2 Å². The molecule has 2 aromatic carbocycles. The molecule has 0 aliphatic carbocycles. The monoisotopic (exact) mass is 370 g/mol. The van der Waals surface area contributed by atoms with Gasteiger partial charge in [-0.15, -0.1) is 0 Å². The fourth-order valence-corrected chi connectivity index (χ4v) is 4.01. The molecule has 3 rings (SSSR count). The second-order valence-corrected chi connectivity index (χ2v) is 7.03. The highest BCUT2D eigenvalue weighted by molar-refractivity contribution is 7.16. The van der Waals surface area contributed by atoms with E-state index >= 15 is 0 Å². The van der Waals surface area contributed by atoms with Crippen molar-refractivity contribution in [3.8, 4) is 11.5 Å². The van der Waals surface area contributed by atoms with Gasteiger partial charge in [0, 0.05) is 12.1 Å². The molecule has 136 valence electrons. The van der Waals surface area contributed by atoms with Crippen molar-refractivity contribution in [3.05, 3.63) is 51.8 Å². The van der Waals surface area contributed by atoms with Crippen LogP contribution in [0.25, 0.3) is 10.2 Å². The van der Waals surface area contributed by atoms with Crippen molar-refractivity contribution < 1.29 is 14.3 Å². The number of methoxy groups -OCH3 is 2. The highest BCUT2D eigenvalue weighted by atomic mass is 32.1. The third-order valence-electron chi connectivity index (χ3n) is 4.44. The summed E-state index contributed by atoms with van der Waals surface area (Å²) >= 11 is 1.53. The summed E-state index contributed by atoms with van der Waals surface area (Å²) in [6, 6.07) is 9.38. The van der Waals surface area contributed by atoms with Crippen molar-refractivity contribution >= 4 is 27.5 Å². The van der Waals surface area contributed by atoms with Crippen molar-refractivity contribution in [1.82, 2.24) is 4.57 Å². The van der Waals surface area contributed by atoms with Crippen LogP contribution in [-0.4, -0.2) is 24.7 Å². The first-order valence-electron chi connectivity index (χ1n) is 8.40. The number of aromatic nitrogens is 1. The lowest BCUT2D eigenvalue weighted by Gasteiger charge is -2.07. The van der Waals surface area contributed by atoms with E-state index in [2.05, 4.69) is 42.5 Å². The van der Waals surface area contributed by atoms with Gasteiger partial charge in [0.15, 0.2) is 16.3 Å². The lowest BCUT2D eigenvalue weighted by Crippen LogP contribution is -2.16. The van der Waals surface area contributed by atoms with E-state index in [1.54, 1.807) is 32.4 Å². The van der Waals surface area contributed by atoms with Crippen LogP contribution in [0.1, 0.15) is 28.4 Å². The van der Waals surface area contributed by atoms with Crippen LogP contribution in [0, 0.1) is 13.8 Å². The van der Waals surface area contributed by atoms with Crippen LogP contribution < -0.4 is 14.3 Å². The molecule has 5 nitrogen and oxygen atoms in total. The number of ether oxygens (including phenoxy) is 2. The summed E-state index contributed by atoms with van der Waals surface area (Å²) in [5, 5.41) is 0. The van der Waals surface area contributed by atoms with E-state index < -0.39 is 0 Å². The third kappa shape index (κ3) is 3.24. The summed E-state index contributed by atoms with van der Waals surface area (Å²) in [5.41, 5.74) is 4.05. The molecule has 1 amide bonds. The number of nitrogens with zero attached hydrogens (tertiary/aromatic N) is 2. The van der Waals surface area contributed by atoms with Crippen LogP contribution in [0.15, 0.2) is 35.3 Å². The van der Waals surface area contributed by atoms with Gasteiger partial charge < -0.3 is 14.0 Å². The number of benzene rings is 2. The van der Waals surface area contributed by atoms with Gasteiger partial charge in [0.1, 0.15) is 0 Å². The Balaban J connectivity index is 2.11. The maximum Gasteiger partial charge on any atom is 0.279 e. The lowest BCUT2D eigenvalue weighted by atomic mass is 10.1. The molecule has 0 N–H and O–H groups in total. The molecule has 0 aliphatic heterocycles. The average molecular weight is 370 g/mol. The number of thiazole rings is 1. The number of amides is 1. The zero-order valence-corrected chi connectivity index (χ0v) is 16.4. The van der Waals surface area contributed by atoms with Crippen molar-refractivity contribution in [2.24, 2.45) is 4.99 Å². The first-order valence-corrected chi connectivity index (χ1v) is 9.21. The number of fused-ring (bicyclic) bond motifs is 1. The number of carbonyl (C=O) groups is 1. The second-order valence-electron chi connectivity index (χ2n) is 6.02. The maximum atomic E-state index is 12.7. The summed E-state index contributed by atoms with van der Waals surface area (Å²) in [6.45, 7) is 7.00. The second kappa shape index (κ2) is 7.33. The summed E-state index contributed by atoms with van der Waals surface area (Å²) in [4.78, 5) is 17.8. The fourth-order valence-electron chi connectivity index (χ4n) is 2.83. The zero-order valence-electron chi connectivity index (χ0n) is 15.6. The van der Waals surface area contributed by atoms with Gasteiger partial charge in [0.2, 0.25) is 0 Å². The van der Waals surface area contributed by atoms with Gasteiger partial charge in [-0.3, -0.25) is 4.79 Å². The Bertz CT molecular complexity index is 1050. The number of hydrogen-bond acceptors (Lipinski definition) is 4. The predicted octanol–water partition coefficient (Wildman–Crippen LogP) is 4.10. The van der Waals surface area contributed by atoms with Crippen molar-refractivity contribution in [1.29, 1.82) is 0 Å². The van der Waals surface area contributed by atoms with Gasteiger partial charge in [0.05, 0.1) is 24.4 Å². The molecule has 0 radical (unpaired) electrons. The van der Waals surface area contributed by atoms with Crippen LogP contribution >= 0.6 is 11.3 Å². The van der Waals surface area contributed by atoms with Gasteiger partial charge in [-0.2, -0.15) is 4.99 Å². The van der Waals surface area contributed by atoms with E-state index in [1.807, 2.05) is 0 Å².